The van der Waals surface area contributed by atoms with Crippen LogP contribution in [0.4, 0.5) is 17.1 Å². The molecule has 0 saturated carbocycles. The number of allylic oxidation sites excluding steroid dienone is 13. The molecule has 0 saturated heterocycles. The van der Waals surface area contributed by atoms with Crippen LogP contribution in [-0.4, -0.2) is 13.4 Å². The molecule has 0 radical (unpaired) electrons. The van der Waals surface area contributed by atoms with Gasteiger partial charge in [0.25, 0.3) is 0 Å². The first kappa shape index (κ1) is 36.9. The van der Waals surface area contributed by atoms with Gasteiger partial charge < -0.3 is 4.90 Å². The average molecular weight is 818 g/mol. The second-order valence-electron chi connectivity index (χ2n) is 20.6. The maximum atomic E-state index is 4.18. The van der Waals surface area contributed by atoms with Crippen LogP contribution in [0.25, 0.3) is 39.0 Å². The number of fused-ring (bicyclic) bond motifs is 15. The van der Waals surface area contributed by atoms with Gasteiger partial charge in [0.1, 0.15) is 0 Å². The standard InChI is InChI=1S/C61H49B2N/c1-7-17-35(18-8-2)37-27-46-45-32-43-40-22-13-15-25-48(40)61(5,6)50(43)34-52(45)63-54-29-38(36-19-10-9-11-20-36)28-53-59(54)64(56(30-37)58(46)63)55-26-16-23-41-44-31-42-39-21-12-14-24-47(39)60(3,4)49(42)33-51(44)62(53)57(41)55/h7-10,12-19,21-30,32-34,42H,1,11,20,31H2,2-6H3/b18-8-,35-17+. The molecule has 4 aliphatic heterocycles. The van der Waals surface area contributed by atoms with E-state index in [2.05, 4.69) is 192 Å². The van der Waals surface area contributed by atoms with Gasteiger partial charge in [0.2, 0.25) is 13.4 Å². The fourth-order valence-corrected chi connectivity index (χ4v) is 14.1. The van der Waals surface area contributed by atoms with Crippen LogP contribution in [0.3, 0.4) is 0 Å². The Labute approximate surface area is 378 Å². The lowest BCUT2D eigenvalue weighted by Crippen LogP contribution is -2.61. The third-order valence-electron chi connectivity index (χ3n) is 16.8. The van der Waals surface area contributed by atoms with Crippen molar-refractivity contribution in [2.75, 3.05) is 4.90 Å². The minimum atomic E-state index is -0.0984. The summed E-state index contributed by atoms with van der Waals surface area (Å²) in [7, 11) is 0. The average Bonchev–Trinajstić information content (AvgIpc) is 3.97. The normalized spacial score (nSPS) is 19.9. The largest absolute Gasteiger partial charge is 0.312 e. The molecule has 4 aliphatic carbocycles. The van der Waals surface area contributed by atoms with E-state index in [1.165, 1.54) is 122 Å². The highest BCUT2D eigenvalue weighted by Gasteiger charge is 2.53. The summed E-state index contributed by atoms with van der Waals surface area (Å²) < 4.78 is 0. The van der Waals surface area contributed by atoms with Crippen LogP contribution in [0.5, 0.6) is 0 Å². The van der Waals surface area contributed by atoms with E-state index in [1.54, 1.807) is 11.1 Å². The van der Waals surface area contributed by atoms with Crippen LogP contribution < -0.4 is 32.2 Å². The summed E-state index contributed by atoms with van der Waals surface area (Å²) in [5.41, 5.74) is 34.0. The second kappa shape index (κ2) is 12.6. The van der Waals surface area contributed by atoms with Crippen molar-refractivity contribution in [3.8, 4) is 22.3 Å². The molecule has 0 amide bonds. The lowest BCUT2D eigenvalue weighted by Gasteiger charge is -2.43. The predicted octanol–water partition coefficient (Wildman–Crippen LogP) is 11.8. The zero-order chi connectivity index (χ0) is 43.0. The monoisotopic (exact) mass is 817 g/mol. The zero-order valence-corrected chi connectivity index (χ0v) is 37.4. The highest BCUT2D eigenvalue weighted by atomic mass is 15.2. The van der Waals surface area contributed by atoms with Gasteiger partial charge >= 0.3 is 0 Å². The molecular weight excluding hydrogens is 768 g/mol. The van der Waals surface area contributed by atoms with E-state index in [9.17, 15) is 0 Å². The molecule has 3 heteroatoms. The SMILES string of the molecule is C=C/C=C(\C=C/C)c1cc2c3c(c1)N1c4cccc5c4B(C4=C5CC5C(=C4)C(C)(C)c4ccccc45)c4cc(C5=CC=CCC5)cc(c41)B3c1cc3c(cc1-2)-c1ccccc1C3(C)C. The molecular formula is C61H49B2N. The molecule has 8 aliphatic rings. The molecule has 1 unspecified atom stereocenters. The molecule has 4 heterocycles. The highest BCUT2D eigenvalue weighted by Crippen LogP contribution is 2.58. The van der Waals surface area contributed by atoms with Gasteiger partial charge in [0.15, 0.2) is 0 Å². The third-order valence-corrected chi connectivity index (χ3v) is 16.8. The van der Waals surface area contributed by atoms with Crippen LogP contribution in [0.15, 0.2) is 169 Å². The van der Waals surface area contributed by atoms with E-state index in [0.717, 1.165) is 19.3 Å². The van der Waals surface area contributed by atoms with Crippen molar-refractivity contribution in [2.24, 2.45) is 0 Å². The van der Waals surface area contributed by atoms with Gasteiger partial charge in [-0.25, -0.2) is 0 Å². The number of hydrogen-bond acceptors (Lipinski definition) is 1. The first-order valence-corrected chi connectivity index (χ1v) is 23.6. The topological polar surface area (TPSA) is 3.24 Å². The summed E-state index contributed by atoms with van der Waals surface area (Å²) >= 11 is 0. The van der Waals surface area contributed by atoms with Crippen LogP contribution in [0, 0.1) is 0 Å². The first-order chi connectivity index (χ1) is 31.2. The fourth-order valence-electron chi connectivity index (χ4n) is 14.1. The molecule has 0 aromatic heterocycles. The van der Waals surface area contributed by atoms with Gasteiger partial charge in [-0.1, -0.05) is 178 Å². The number of rotatable bonds is 4. The zero-order valence-electron chi connectivity index (χ0n) is 37.4. The Hall–Kier alpha value is -6.57. The van der Waals surface area contributed by atoms with Gasteiger partial charge in [-0.3, -0.25) is 0 Å². The van der Waals surface area contributed by atoms with Crippen molar-refractivity contribution in [3.63, 3.8) is 0 Å². The van der Waals surface area contributed by atoms with Crippen molar-refractivity contribution in [2.45, 2.75) is 70.6 Å². The van der Waals surface area contributed by atoms with Gasteiger partial charge in [-0.15, -0.1) is 0 Å². The van der Waals surface area contributed by atoms with Crippen LogP contribution in [0.2, 0.25) is 0 Å². The van der Waals surface area contributed by atoms with Crippen molar-refractivity contribution in [1.82, 2.24) is 0 Å². The fraction of sp³-hybridized carbons (Fsp3) is 0.180. The van der Waals surface area contributed by atoms with Crippen molar-refractivity contribution in [3.05, 3.63) is 208 Å². The Morgan fingerprint density at radius 1 is 0.719 bits per heavy atom. The number of nitrogens with zero attached hydrogens (tertiary/aromatic N) is 1. The number of benzene rings is 6. The maximum absolute atomic E-state index is 4.18. The van der Waals surface area contributed by atoms with Crippen LogP contribution in [-0.2, 0) is 10.8 Å². The van der Waals surface area contributed by atoms with Crippen molar-refractivity contribution >= 4 is 74.5 Å². The molecule has 64 heavy (non-hydrogen) atoms. The lowest BCUT2D eigenvalue weighted by atomic mass is 9.31. The molecule has 0 bridgehead atoms. The van der Waals surface area contributed by atoms with Crippen LogP contribution >= 0.6 is 0 Å². The number of hydrogen-bond donors (Lipinski definition) is 0. The lowest BCUT2D eigenvalue weighted by molar-refractivity contribution is 0.614. The summed E-state index contributed by atoms with van der Waals surface area (Å²) in [5, 5.41) is 0. The smallest absolute Gasteiger partial charge is 0.248 e. The van der Waals surface area contributed by atoms with E-state index in [0.29, 0.717) is 5.92 Å². The summed E-state index contributed by atoms with van der Waals surface area (Å²) in [6.07, 6.45) is 21.4. The van der Waals surface area contributed by atoms with E-state index in [-0.39, 0.29) is 24.3 Å². The summed E-state index contributed by atoms with van der Waals surface area (Å²) in [6.45, 7) is 16.4. The van der Waals surface area contributed by atoms with E-state index >= 15 is 0 Å². The van der Waals surface area contributed by atoms with Gasteiger partial charge in [0, 0.05) is 33.8 Å². The minimum Gasteiger partial charge on any atom is -0.312 e. The molecule has 1 nitrogen and oxygen atoms in total. The molecule has 1 atom stereocenters. The molecule has 6 aromatic rings. The van der Waals surface area contributed by atoms with Gasteiger partial charge in [0.05, 0.1) is 0 Å². The maximum Gasteiger partial charge on any atom is 0.248 e. The molecule has 0 spiro atoms. The van der Waals surface area contributed by atoms with E-state index in [4.69, 9.17) is 0 Å². The van der Waals surface area contributed by atoms with E-state index < -0.39 is 0 Å². The molecule has 0 fully saturated rings. The molecule has 14 rings (SSSR count). The summed E-state index contributed by atoms with van der Waals surface area (Å²) in [4.78, 5) is 2.73. The van der Waals surface area contributed by atoms with Gasteiger partial charge in [-0.05, 0) is 150 Å². The Bertz CT molecular complexity index is 3410. The van der Waals surface area contributed by atoms with Crippen LogP contribution in [0.1, 0.15) is 98.7 Å². The Kier molecular flexibility index (Phi) is 7.24. The van der Waals surface area contributed by atoms with Gasteiger partial charge in [-0.2, -0.15) is 0 Å². The van der Waals surface area contributed by atoms with Crippen molar-refractivity contribution < 1.29 is 0 Å². The highest BCUT2D eigenvalue weighted by molar-refractivity contribution is 7.04. The summed E-state index contributed by atoms with van der Waals surface area (Å²) in [6, 6.07) is 41.1. The minimum absolute atomic E-state index is 0.0186. The quantitative estimate of drug-likeness (QED) is 0.126. The Morgan fingerprint density at radius 2 is 1.50 bits per heavy atom. The number of anilines is 3. The molecule has 0 N–H and O–H groups in total. The summed E-state index contributed by atoms with van der Waals surface area (Å²) in [5.74, 6) is 0.407. The Balaban J connectivity index is 1.09. The van der Waals surface area contributed by atoms with E-state index in [1.807, 2.05) is 6.08 Å². The Morgan fingerprint density at radius 3 is 2.31 bits per heavy atom. The second-order valence-corrected chi connectivity index (χ2v) is 20.6. The third kappa shape index (κ3) is 4.48. The predicted molar refractivity (Wildman–Crippen MR) is 275 cm³/mol. The molecule has 6 aromatic carbocycles. The van der Waals surface area contributed by atoms with Crippen molar-refractivity contribution in [1.29, 1.82) is 0 Å². The molecule has 304 valence electrons. The first-order valence-electron chi connectivity index (χ1n) is 23.6.